The normalized spacial score (nSPS) is 26.2. The molecule has 22 heavy (non-hydrogen) atoms. The van der Waals surface area contributed by atoms with Gasteiger partial charge in [-0.25, -0.2) is 0 Å². The average Bonchev–Trinajstić information content (AvgIpc) is 3.00. The van der Waals surface area contributed by atoms with E-state index in [1.54, 1.807) is 13.2 Å². The van der Waals surface area contributed by atoms with Crippen molar-refractivity contribution >= 4 is 5.91 Å². The van der Waals surface area contributed by atoms with E-state index >= 15 is 0 Å². The highest BCUT2D eigenvalue weighted by Crippen LogP contribution is 2.25. The maximum absolute atomic E-state index is 12.6. The minimum Gasteiger partial charge on any atom is -0.497 e. The number of methoxy groups -OCH3 is 1. The van der Waals surface area contributed by atoms with Crippen LogP contribution in [0.3, 0.4) is 0 Å². The van der Waals surface area contributed by atoms with Gasteiger partial charge in [0.05, 0.1) is 13.2 Å². The molecule has 0 bridgehead atoms. The van der Waals surface area contributed by atoms with Gasteiger partial charge in [-0.2, -0.15) is 0 Å². The zero-order valence-corrected chi connectivity index (χ0v) is 13.1. The second kappa shape index (κ2) is 6.67. The largest absolute Gasteiger partial charge is 0.497 e. The highest BCUT2D eigenvalue weighted by molar-refractivity contribution is 5.94. The number of aliphatic hydroxyl groups is 1. The lowest BCUT2D eigenvalue weighted by Crippen LogP contribution is -2.53. The number of nitrogens with zero attached hydrogens (tertiary/aromatic N) is 2. The summed E-state index contributed by atoms with van der Waals surface area (Å²) in [5, 5.41) is 10.0. The first-order chi connectivity index (χ1) is 10.7. The summed E-state index contributed by atoms with van der Waals surface area (Å²) in [7, 11) is 1.61. The van der Waals surface area contributed by atoms with Gasteiger partial charge >= 0.3 is 0 Å². The van der Waals surface area contributed by atoms with Crippen molar-refractivity contribution in [2.24, 2.45) is 0 Å². The quantitative estimate of drug-likeness (QED) is 0.916. The molecule has 2 unspecified atom stereocenters. The summed E-state index contributed by atoms with van der Waals surface area (Å²) in [4.78, 5) is 16.8. The molecule has 2 atom stereocenters. The summed E-state index contributed by atoms with van der Waals surface area (Å²) in [5.74, 6) is 0.768. The van der Waals surface area contributed by atoms with Gasteiger partial charge in [0, 0.05) is 37.8 Å². The molecule has 1 aromatic rings. The van der Waals surface area contributed by atoms with E-state index in [2.05, 4.69) is 4.90 Å². The van der Waals surface area contributed by atoms with Crippen molar-refractivity contribution in [3.05, 3.63) is 29.8 Å². The van der Waals surface area contributed by atoms with E-state index in [-0.39, 0.29) is 18.1 Å². The van der Waals surface area contributed by atoms with Crippen LogP contribution < -0.4 is 4.74 Å². The number of carbonyl (C=O) groups is 1. The third-order valence-corrected chi connectivity index (χ3v) is 4.83. The van der Waals surface area contributed by atoms with E-state index in [0.29, 0.717) is 11.3 Å². The van der Waals surface area contributed by atoms with Crippen LogP contribution in [0.15, 0.2) is 24.3 Å². The van der Waals surface area contributed by atoms with Crippen molar-refractivity contribution < 1.29 is 14.6 Å². The molecule has 1 N–H and O–H groups in total. The Hall–Kier alpha value is -1.59. The number of rotatable bonds is 3. The molecule has 2 fully saturated rings. The molecule has 5 nitrogen and oxygen atoms in total. The van der Waals surface area contributed by atoms with Crippen LogP contribution >= 0.6 is 0 Å². The lowest BCUT2D eigenvalue weighted by atomic mass is 10.1. The predicted molar refractivity (Wildman–Crippen MR) is 84.1 cm³/mol. The number of carbonyl (C=O) groups excluding carboxylic acids is 1. The van der Waals surface area contributed by atoms with Crippen molar-refractivity contribution in [2.45, 2.75) is 31.4 Å². The van der Waals surface area contributed by atoms with Crippen LogP contribution in [0.5, 0.6) is 5.75 Å². The number of aliphatic hydroxyl groups excluding tert-OH is 1. The van der Waals surface area contributed by atoms with Crippen molar-refractivity contribution in [1.82, 2.24) is 9.80 Å². The van der Waals surface area contributed by atoms with Crippen LogP contribution in [0, 0.1) is 0 Å². The first-order valence-electron chi connectivity index (χ1n) is 8.04. The fourth-order valence-electron chi connectivity index (χ4n) is 3.54. The molecule has 120 valence electrons. The average molecular weight is 304 g/mol. The van der Waals surface area contributed by atoms with Gasteiger partial charge in [0.25, 0.3) is 5.91 Å². The number of ether oxygens (including phenoxy) is 1. The van der Waals surface area contributed by atoms with Crippen molar-refractivity contribution in [3.8, 4) is 5.75 Å². The summed E-state index contributed by atoms with van der Waals surface area (Å²) < 4.78 is 5.18. The lowest BCUT2D eigenvalue weighted by molar-refractivity contribution is 0.0315. The van der Waals surface area contributed by atoms with Crippen LogP contribution in [0.4, 0.5) is 0 Å². The SMILES string of the molecule is COc1cccc(C(=O)N2CCN(C3CCCC3O)CC2)c1. The standard InChI is InChI=1S/C17H24N2O3/c1-22-14-5-2-4-13(12-14)17(21)19-10-8-18(9-11-19)15-6-3-7-16(15)20/h2,4-5,12,15-16,20H,3,6-11H2,1H3. The molecule has 0 aromatic heterocycles. The molecular weight excluding hydrogens is 280 g/mol. The highest BCUT2D eigenvalue weighted by atomic mass is 16.5. The highest BCUT2D eigenvalue weighted by Gasteiger charge is 2.33. The number of hydrogen-bond acceptors (Lipinski definition) is 4. The van der Waals surface area contributed by atoms with E-state index in [9.17, 15) is 9.90 Å². The van der Waals surface area contributed by atoms with Crippen molar-refractivity contribution in [3.63, 3.8) is 0 Å². The topological polar surface area (TPSA) is 53.0 Å². The Labute approximate surface area is 131 Å². The molecule has 5 heteroatoms. The number of piperazine rings is 1. The molecule has 0 radical (unpaired) electrons. The number of hydrogen-bond donors (Lipinski definition) is 1. The Morgan fingerprint density at radius 1 is 1.23 bits per heavy atom. The summed E-state index contributed by atoms with van der Waals surface area (Å²) in [6, 6.07) is 7.59. The van der Waals surface area contributed by atoms with Crippen LogP contribution in [-0.2, 0) is 0 Å². The van der Waals surface area contributed by atoms with Crippen LogP contribution in [-0.4, -0.2) is 66.2 Å². The van der Waals surface area contributed by atoms with Gasteiger partial charge in [-0.15, -0.1) is 0 Å². The second-order valence-corrected chi connectivity index (χ2v) is 6.13. The summed E-state index contributed by atoms with van der Waals surface area (Å²) in [6.07, 6.45) is 2.90. The smallest absolute Gasteiger partial charge is 0.254 e. The molecule has 1 aliphatic carbocycles. The monoisotopic (exact) mass is 304 g/mol. The van der Waals surface area contributed by atoms with Gasteiger partial charge in [0.1, 0.15) is 5.75 Å². The number of amides is 1. The van der Waals surface area contributed by atoms with Gasteiger partial charge < -0.3 is 14.7 Å². The van der Waals surface area contributed by atoms with Gasteiger partial charge in [0.15, 0.2) is 0 Å². The Kier molecular flexibility index (Phi) is 4.64. The van der Waals surface area contributed by atoms with E-state index in [1.165, 1.54) is 0 Å². The molecule has 1 aromatic carbocycles. The first-order valence-corrected chi connectivity index (χ1v) is 8.04. The third kappa shape index (κ3) is 3.10. The Balaban J connectivity index is 1.59. The minimum absolute atomic E-state index is 0.0607. The summed E-state index contributed by atoms with van der Waals surface area (Å²) in [5.41, 5.74) is 0.675. The molecule has 1 saturated heterocycles. The molecular formula is C17H24N2O3. The van der Waals surface area contributed by atoms with Gasteiger partial charge in [-0.3, -0.25) is 9.69 Å². The zero-order chi connectivity index (χ0) is 15.5. The Bertz CT molecular complexity index is 526. The van der Waals surface area contributed by atoms with Crippen LogP contribution in [0.1, 0.15) is 29.6 Å². The molecule has 0 spiro atoms. The lowest BCUT2D eigenvalue weighted by Gasteiger charge is -2.39. The maximum Gasteiger partial charge on any atom is 0.254 e. The van der Waals surface area contributed by atoms with Gasteiger partial charge in [-0.1, -0.05) is 6.07 Å². The molecule has 2 aliphatic rings. The predicted octanol–water partition coefficient (Wildman–Crippen LogP) is 1.37. The molecule has 1 heterocycles. The van der Waals surface area contributed by atoms with Crippen molar-refractivity contribution in [2.75, 3.05) is 33.3 Å². The van der Waals surface area contributed by atoms with Crippen molar-refractivity contribution in [1.29, 1.82) is 0 Å². The minimum atomic E-state index is -0.194. The second-order valence-electron chi connectivity index (χ2n) is 6.13. The first kappa shape index (κ1) is 15.3. The zero-order valence-electron chi connectivity index (χ0n) is 13.1. The summed E-state index contributed by atoms with van der Waals surface area (Å²) >= 11 is 0. The van der Waals surface area contributed by atoms with E-state index in [4.69, 9.17) is 4.74 Å². The Morgan fingerprint density at radius 2 is 2.00 bits per heavy atom. The van der Waals surface area contributed by atoms with E-state index in [0.717, 1.165) is 45.4 Å². The summed E-state index contributed by atoms with van der Waals surface area (Å²) in [6.45, 7) is 3.13. The third-order valence-electron chi connectivity index (χ3n) is 4.83. The molecule has 1 aliphatic heterocycles. The van der Waals surface area contributed by atoms with Crippen LogP contribution in [0.2, 0.25) is 0 Å². The maximum atomic E-state index is 12.6. The van der Waals surface area contributed by atoms with Crippen LogP contribution in [0.25, 0.3) is 0 Å². The van der Waals surface area contributed by atoms with E-state index < -0.39 is 0 Å². The molecule has 1 amide bonds. The van der Waals surface area contributed by atoms with Gasteiger partial charge in [-0.05, 0) is 37.5 Å². The fraction of sp³-hybridized carbons (Fsp3) is 0.588. The fourth-order valence-corrected chi connectivity index (χ4v) is 3.54. The molecule has 1 saturated carbocycles. The van der Waals surface area contributed by atoms with E-state index in [1.807, 2.05) is 23.1 Å². The number of benzene rings is 1. The van der Waals surface area contributed by atoms with Gasteiger partial charge in [0.2, 0.25) is 0 Å². The Morgan fingerprint density at radius 3 is 2.64 bits per heavy atom. The molecule has 3 rings (SSSR count).